The van der Waals surface area contributed by atoms with E-state index >= 15 is 0 Å². The Hall–Kier alpha value is -5.10. The Kier molecular flexibility index (Phi) is 10.4. The van der Waals surface area contributed by atoms with Gasteiger partial charge in [0, 0.05) is 3.57 Å². The number of hydrogen-bond donors (Lipinski definition) is 0. The van der Waals surface area contributed by atoms with Gasteiger partial charge in [-0.25, -0.2) is 9.97 Å². The van der Waals surface area contributed by atoms with Crippen molar-refractivity contribution in [3.05, 3.63) is 157 Å². The number of hydrogen-bond acceptors (Lipinski definition) is 2. The van der Waals surface area contributed by atoms with Crippen LogP contribution in [0.1, 0.15) is 56.2 Å². The number of aromatic nitrogens is 4. The molecule has 7 aromatic rings. The van der Waals surface area contributed by atoms with Crippen LogP contribution < -0.4 is 15.4 Å². The molecule has 0 atom stereocenters. The summed E-state index contributed by atoms with van der Waals surface area (Å²) < 4.78 is 1.17. The monoisotopic (exact) mass is 896 g/mol. The first kappa shape index (κ1) is 38.8. The number of fused-ring (bicyclic) bond motifs is 8. The fourth-order valence-corrected chi connectivity index (χ4v) is 8.97. The third-order valence-corrected chi connectivity index (χ3v) is 11.5. The molecule has 4 nitrogen and oxygen atoms in total. The van der Waals surface area contributed by atoms with Crippen molar-refractivity contribution in [3.63, 3.8) is 0 Å². The van der Waals surface area contributed by atoms with Gasteiger partial charge in [-0.2, -0.15) is 0 Å². The number of aryl methyl sites for hydroxylation is 6. The molecular formula is C50H38BIN4Zn. The molecule has 8 bridgehead atoms. The van der Waals surface area contributed by atoms with E-state index in [0.717, 1.165) is 89.4 Å². The summed E-state index contributed by atoms with van der Waals surface area (Å²) in [6.45, 7) is 13.0. The molecule has 0 N–H and O–H groups in total. The zero-order chi connectivity index (χ0) is 38.8. The molecule has 7 heteroatoms. The minimum absolute atomic E-state index is 0. The van der Waals surface area contributed by atoms with E-state index in [1.54, 1.807) is 0 Å². The predicted molar refractivity (Wildman–Crippen MR) is 245 cm³/mol. The number of halogens is 1. The van der Waals surface area contributed by atoms with Gasteiger partial charge >= 0.3 is 19.5 Å². The van der Waals surface area contributed by atoms with Gasteiger partial charge in [-0.15, -0.1) is 22.1 Å². The molecule has 0 saturated heterocycles. The molecule has 0 saturated carbocycles. The predicted octanol–water partition coefficient (Wildman–Crippen LogP) is 11.8. The second-order valence-electron chi connectivity index (χ2n) is 15.0. The molecule has 270 valence electrons. The molecule has 2 aliphatic rings. The summed E-state index contributed by atoms with van der Waals surface area (Å²) in [4.78, 5) is 21.8. The molecule has 0 unspecified atom stereocenters. The van der Waals surface area contributed by atoms with Crippen molar-refractivity contribution in [2.45, 2.75) is 41.5 Å². The number of nitrogens with zero attached hydrogens (tertiary/aromatic N) is 4. The van der Waals surface area contributed by atoms with Gasteiger partial charge in [0.2, 0.25) is 0 Å². The molecule has 4 aromatic carbocycles. The summed E-state index contributed by atoms with van der Waals surface area (Å²) in [7, 11) is 6.21. The van der Waals surface area contributed by atoms with E-state index < -0.39 is 0 Å². The summed E-state index contributed by atoms with van der Waals surface area (Å²) in [6.07, 6.45) is 8.51. The summed E-state index contributed by atoms with van der Waals surface area (Å²) >= 11 is 2.36. The third kappa shape index (κ3) is 7.10. The Balaban J connectivity index is 0.00000455. The number of benzene rings is 4. The van der Waals surface area contributed by atoms with E-state index in [9.17, 15) is 0 Å². The first-order valence-electron chi connectivity index (χ1n) is 18.9. The van der Waals surface area contributed by atoms with E-state index in [1.807, 2.05) is 12.1 Å². The van der Waals surface area contributed by atoms with E-state index in [-0.39, 0.29) is 19.5 Å². The standard InChI is InChI=1S/C50H38BIN4.Zn/c1-27-23-29(3)45(30(4)24-27)49-41-19-15-37(53-41)47(33-7-11-35(51)12-8-33)38-16-20-42(54-38)50(46-31(5)25-28(2)26-32(46)6)44-22-18-40(56-44)48(39-17-21-43(49)55-39)34-9-13-36(52)14-10-34;/h7-26H,1-6H3;/q-2;+2. The van der Waals surface area contributed by atoms with Crippen molar-refractivity contribution in [1.29, 1.82) is 0 Å². The molecule has 57 heavy (non-hydrogen) atoms. The summed E-state index contributed by atoms with van der Waals surface area (Å²) in [5.74, 6) is 0. The van der Waals surface area contributed by atoms with Crippen LogP contribution in [0.15, 0.2) is 97.1 Å². The SMILES string of the molecule is [B]c1ccc(-c2c3nc(c(-c4c(C)cc(C)cc4C)c4ccc([n-]4)c(-c4ccc(I)cc4)c4nc(c(-c5c(C)cc(C)cc5C)c5ccc2[n-]5)C=C4)C=C3)cc1.[Zn+2]. The molecule has 9 rings (SSSR count). The molecule has 0 fully saturated rings. The zero-order valence-electron chi connectivity index (χ0n) is 33.0. The van der Waals surface area contributed by atoms with Gasteiger partial charge in [-0.3, -0.25) is 0 Å². The van der Waals surface area contributed by atoms with Gasteiger partial charge in [0.25, 0.3) is 0 Å². The van der Waals surface area contributed by atoms with Crippen LogP contribution in [-0.2, 0) is 19.5 Å². The van der Waals surface area contributed by atoms with Gasteiger partial charge in [0.1, 0.15) is 7.85 Å². The van der Waals surface area contributed by atoms with Crippen LogP contribution in [0.25, 0.3) is 90.9 Å². The molecule has 3 aromatic heterocycles. The first-order chi connectivity index (χ1) is 27.0. The summed E-state index contributed by atoms with van der Waals surface area (Å²) in [5.41, 5.74) is 22.9. The van der Waals surface area contributed by atoms with Crippen molar-refractivity contribution in [1.82, 2.24) is 19.9 Å². The van der Waals surface area contributed by atoms with Crippen molar-refractivity contribution in [2.75, 3.05) is 0 Å². The third-order valence-electron chi connectivity index (χ3n) is 10.8. The van der Waals surface area contributed by atoms with Crippen LogP contribution in [0.3, 0.4) is 0 Å². The second kappa shape index (κ2) is 15.3. The van der Waals surface area contributed by atoms with Crippen molar-refractivity contribution >= 4 is 82.3 Å². The fraction of sp³-hybridized carbons (Fsp3) is 0.120. The van der Waals surface area contributed by atoms with Crippen LogP contribution in [0.4, 0.5) is 0 Å². The zero-order valence-corrected chi connectivity index (χ0v) is 38.1. The molecule has 2 radical (unpaired) electrons. The van der Waals surface area contributed by atoms with Crippen LogP contribution >= 0.6 is 22.6 Å². The van der Waals surface area contributed by atoms with Crippen LogP contribution in [0.5, 0.6) is 0 Å². The van der Waals surface area contributed by atoms with Crippen LogP contribution in [0.2, 0.25) is 0 Å². The number of rotatable bonds is 4. The minimum atomic E-state index is 0. The van der Waals surface area contributed by atoms with Gasteiger partial charge in [-0.05, 0) is 167 Å². The normalized spacial score (nSPS) is 11.9. The molecule has 2 aliphatic heterocycles. The average molecular weight is 898 g/mol. The Labute approximate surface area is 362 Å². The maximum absolute atomic E-state index is 6.21. The van der Waals surface area contributed by atoms with E-state index in [2.05, 4.69) is 173 Å². The Morgan fingerprint density at radius 2 is 0.737 bits per heavy atom. The second-order valence-corrected chi connectivity index (χ2v) is 16.3. The van der Waals surface area contributed by atoms with Gasteiger partial charge in [-0.1, -0.05) is 102 Å². The van der Waals surface area contributed by atoms with Gasteiger partial charge in [0.15, 0.2) is 0 Å². The molecule has 0 spiro atoms. The van der Waals surface area contributed by atoms with Gasteiger partial charge in [0.05, 0.1) is 22.8 Å². The van der Waals surface area contributed by atoms with E-state index in [4.69, 9.17) is 27.8 Å². The van der Waals surface area contributed by atoms with Crippen molar-refractivity contribution < 1.29 is 19.5 Å². The average Bonchev–Trinajstić information content (AvgIpc) is 3.99. The van der Waals surface area contributed by atoms with E-state index in [0.29, 0.717) is 5.46 Å². The van der Waals surface area contributed by atoms with E-state index in [1.165, 1.54) is 37.0 Å². The van der Waals surface area contributed by atoms with Gasteiger partial charge < -0.3 is 9.97 Å². The van der Waals surface area contributed by atoms with Crippen LogP contribution in [0, 0.1) is 45.1 Å². The molecule has 5 heterocycles. The molecular weight excluding hydrogens is 860 g/mol. The Morgan fingerprint density at radius 1 is 0.421 bits per heavy atom. The Morgan fingerprint density at radius 3 is 1.11 bits per heavy atom. The maximum Gasteiger partial charge on any atom is 2.00 e. The van der Waals surface area contributed by atoms with Crippen molar-refractivity contribution in [3.8, 4) is 44.5 Å². The Bertz CT molecular complexity index is 2740. The molecule has 0 amide bonds. The smallest absolute Gasteiger partial charge is 0.657 e. The largest absolute Gasteiger partial charge is 2.00 e. The topological polar surface area (TPSA) is 54.0 Å². The maximum atomic E-state index is 6.21. The van der Waals surface area contributed by atoms with Crippen molar-refractivity contribution in [2.24, 2.45) is 0 Å². The molecule has 0 aliphatic carbocycles. The minimum Gasteiger partial charge on any atom is -0.657 e. The first-order valence-corrected chi connectivity index (χ1v) is 19.9. The van der Waals surface area contributed by atoms with Crippen LogP contribution in [-0.4, -0.2) is 17.8 Å². The summed E-state index contributed by atoms with van der Waals surface area (Å²) in [5, 5.41) is 0. The summed E-state index contributed by atoms with van der Waals surface area (Å²) in [6, 6.07) is 34.1. The fourth-order valence-electron chi connectivity index (χ4n) is 8.61. The quantitative estimate of drug-likeness (QED) is 0.130.